The molecule has 1 saturated heterocycles. The van der Waals surface area contributed by atoms with Gasteiger partial charge in [-0.2, -0.15) is 0 Å². The first-order chi connectivity index (χ1) is 17.1. The molecule has 1 fully saturated rings. The van der Waals surface area contributed by atoms with Crippen molar-refractivity contribution in [1.82, 2.24) is 14.4 Å². The Balaban J connectivity index is 1.37. The molecule has 0 spiro atoms. The molecule has 1 atom stereocenters. The van der Waals surface area contributed by atoms with E-state index in [4.69, 9.17) is 4.74 Å². The molecule has 5 heteroatoms. The van der Waals surface area contributed by atoms with Gasteiger partial charge in [-0.15, -0.1) is 0 Å². The van der Waals surface area contributed by atoms with Crippen molar-refractivity contribution in [3.05, 3.63) is 102 Å². The smallest absolute Gasteiger partial charge is 0.223 e. The lowest BCUT2D eigenvalue weighted by atomic mass is 9.87. The molecule has 0 N–H and O–H groups in total. The van der Waals surface area contributed by atoms with Gasteiger partial charge in [-0.3, -0.25) is 9.69 Å². The molecule has 1 amide bonds. The quantitative estimate of drug-likeness (QED) is 0.382. The predicted octanol–water partition coefficient (Wildman–Crippen LogP) is 5.05. The van der Waals surface area contributed by atoms with E-state index in [0.717, 1.165) is 44.0 Å². The third-order valence-corrected chi connectivity index (χ3v) is 7.17. The van der Waals surface area contributed by atoms with E-state index in [-0.39, 0.29) is 11.8 Å². The van der Waals surface area contributed by atoms with Gasteiger partial charge >= 0.3 is 0 Å². The highest BCUT2D eigenvalue weighted by atomic mass is 16.5. The average Bonchev–Trinajstić information content (AvgIpc) is 3.24. The normalized spacial score (nSPS) is 15.3. The first-order valence-corrected chi connectivity index (χ1v) is 12.3. The maximum Gasteiger partial charge on any atom is 0.223 e. The van der Waals surface area contributed by atoms with Crippen molar-refractivity contribution in [1.29, 1.82) is 0 Å². The number of benzene rings is 3. The number of hydrogen-bond donors (Lipinski definition) is 0. The minimum Gasteiger partial charge on any atom is -0.496 e. The Morgan fingerprint density at radius 2 is 1.54 bits per heavy atom. The van der Waals surface area contributed by atoms with Crippen molar-refractivity contribution in [2.45, 2.75) is 18.9 Å². The van der Waals surface area contributed by atoms with Crippen LogP contribution in [0.2, 0.25) is 0 Å². The molecule has 1 unspecified atom stereocenters. The number of hydrogen-bond acceptors (Lipinski definition) is 3. The lowest BCUT2D eigenvalue weighted by Crippen LogP contribution is -2.48. The van der Waals surface area contributed by atoms with Gasteiger partial charge in [-0.1, -0.05) is 66.7 Å². The van der Waals surface area contributed by atoms with Crippen LogP contribution in [-0.4, -0.2) is 53.6 Å². The molecule has 1 aliphatic heterocycles. The molecule has 0 aliphatic carbocycles. The highest BCUT2D eigenvalue weighted by molar-refractivity contribution is 5.87. The summed E-state index contributed by atoms with van der Waals surface area (Å²) < 4.78 is 7.88. The van der Waals surface area contributed by atoms with Crippen molar-refractivity contribution in [2.24, 2.45) is 7.05 Å². The summed E-state index contributed by atoms with van der Waals surface area (Å²) in [6.45, 7) is 4.25. The first kappa shape index (κ1) is 23.2. The van der Waals surface area contributed by atoms with Gasteiger partial charge in [-0.05, 0) is 23.3 Å². The van der Waals surface area contributed by atoms with Gasteiger partial charge in [0, 0.05) is 74.8 Å². The largest absolute Gasteiger partial charge is 0.496 e. The van der Waals surface area contributed by atoms with E-state index in [1.807, 2.05) is 29.2 Å². The van der Waals surface area contributed by atoms with Crippen LogP contribution in [0.25, 0.3) is 10.9 Å². The highest BCUT2D eigenvalue weighted by Gasteiger charge is 2.28. The molecule has 1 aromatic heterocycles. The fourth-order valence-electron chi connectivity index (χ4n) is 5.29. The maximum absolute atomic E-state index is 13.6. The summed E-state index contributed by atoms with van der Waals surface area (Å²) in [5.74, 6) is 0.950. The first-order valence-electron chi connectivity index (χ1n) is 12.3. The maximum atomic E-state index is 13.6. The SMILES string of the molecule is COc1ccccc1C(CC(=O)N1CCN(Cc2ccccc2)CC1)c1cn(C)c2ccccc12. The zero-order valence-electron chi connectivity index (χ0n) is 20.6. The summed E-state index contributed by atoms with van der Waals surface area (Å²) in [4.78, 5) is 18.1. The van der Waals surface area contributed by atoms with Crippen molar-refractivity contribution in [3.8, 4) is 5.75 Å². The number of ether oxygens (including phenoxy) is 1. The van der Waals surface area contributed by atoms with Crippen LogP contribution in [-0.2, 0) is 18.4 Å². The molecule has 5 rings (SSSR count). The molecule has 180 valence electrons. The number of rotatable bonds is 7. The fraction of sp³-hybridized carbons (Fsp3) is 0.300. The molecule has 35 heavy (non-hydrogen) atoms. The lowest BCUT2D eigenvalue weighted by molar-refractivity contribution is -0.133. The van der Waals surface area contributed by atoms with Crippen LogP contribution in [0.3, 0.4) is 0 Å². The molecule has 0 saturated carbocycles. The number of aryl methyl sites for hydroxylation is 1. The monoisotopic (exact) mass is 467 g/mol. The number of carbonyl (C=O) groups excluding carboxylic acids is 1. The zero-order chi connectivity index (χ0) is 24.2. The number of nitrogens with zero attached hydrogens (tertiary/aromatic N) is 3. The van der Waals surface area contributed by atoms with Gasteiger partial charge in [0.1, 0.15) is 5.75 Å². The van der Waals surface area contributed by atoms with Gasteiger partial charge in [-0.25, -0.2) is 0 Å². The number of methoxy groups -OCH3 is 1. The predicted molar refractivity (Wildman–Crippen MR) is 141 cm³/mol. The molecular formula is C30H33N3O2. The third-order valence-electron chi connectivity index (χ3n) is 7.17. The van der Waals surface area contributed by atoms with Gasteiger partial charge in [0.2, 0.25) is 5.91 Å². The van der Waals surface area contributed by atoms with E-state index in [1.54, 1.807) is 7.11 Å². The Kier molecular flexibility index (Phi) is 6.87. The Bertz CT molecular complexity index is 1290. The number of carbonyl (C=O) groups is 1. The van der Waals surface area contributed by atoms with Crippen LogP contribution in [0.5, 0.6) is 5.75 Å². The molecule has 1 aliphatic rings. The van der Waals surface area contributed by atoms with Crippen LogP contribution < -0.4 is 4.74 Å². The van der Waals surface area contributed by atoms with E-state index in [0.29, 0.717) is 6.42 Å². The van der Waals surface area contributed by atoms with E-state index >= 15 is 0 Å². The van der Waals surface area contributed by atoms with E-state index in [2.05, 4.69) is 77.3 Å². The van der Waals surface area contributed by atoms with Crippen molar-refractivity contribution >= 4 is 16.8 Å². The molecule has 0 bridgehead atoms. The van der Waals surface area contributed by atoms with Crippen LogP contribution in [0.15, 0.2) is 85.1 Å². The van der Waals surface area contributed by atoms with E-state index in [9.17, 15) is 4.79 Å². The average molecular weight is 468 g/mol. The fourth-order valence-corrected chi connectivity index (χ4v) is 5.29. The van der Waals surface area contributed by atoms with E-state index in [1.165, 1.54) is 22.0 Å². The summed E-state index contributed by atoms with van der Waals surface area (Å²) in [5.41, 5.74) is 4.72. The second-order valence-electron chi connectivity index (χ2n) is 9.35. The van der Waals surface area contributed by atoms with Crippen LogP contribution in [0.4, 0.5) is 0 Å². The van der Waals surface area contributed by atoms with E-state index < -0.39 is 0 Å². The number of piperazine rings is 1. The number of amides is 1. The second-order valence-corrected chi connectivity index (χ2v) is 9.35. The van der Waals surface area contributed by atoms with Crippen molar-refractivity contribution < 1.29 is 9.53 Å². The van der Waals surface area contributed by atoms with Gasteiger partial charge < -0.3 is 14.2 Å². The van der Waals surface area contributed by atoms with Crippen molar-refractivity contribution in [3.63, 3.8) is 0 Å². The lowest BCUT2D eigenvalue weighted by Gasteiger charge is -2.35. The number of para-hydroxylation sites is 2. The Morgan fingerprint density at radius 1 is 0.857 bits per heavy atom. The summed E-state index contributed by atoms with van der Waals surface area (Å²) in [6, 6.07) is 27.1. The summed E-state index contributed by atoms with van der Waals surface area (Å²) in [7, 11) is 3.77. The van der Waals surface area contributed by atoms with Crippen LogP contribution >= 0.6 is 0 Å². The third kappa shape index (κ3) is 4.96. The van der Waals surface area contributed by atoms with Gasteiger partial charge in [0.05, 0.1) is 7.11 Å². The standard InChI is InChI=1S/C30H33N3O2/c1-31-22-27(24-12-6-8-14-28(24)31)26(25-13-7-9-15-29(25)35-2)20-30(34)33-18-16-32(17-19-33)21-23-10-4-3-5-11-23/h3-15,22,26H,16-21H2,1-2H3. The minimum absolute atomic E-state index is 0.0768. The van der Waals surface area contributed by atoms with Crippen LogP contribution in [0.1, 0.15) is 29.0 Å². The molecule has 4 aromatic rings. The summed E-state index contributed by atoms with van der Waals surface area (Å²) >= 11 is 0. The van der Waals surface area contributed by atoms with Gasteiger partial charge in [0.25, 0.3) is 0 Å². The second kappa shape index (κ2) is 10.4. The van der Waals surface area contributed by atoms with Gasteiger partial charge in [0.15, 0.2) is 0 Å². The molecule has 2 heterocycles. The Hall–Kier alpha value is -3.57. The topological polar surface area (TPSA) is 37.7 Å². The molecule has 0 radical (unpaired) electrons. The van der Waals surface area contributed by atoms with Crippen LogP contribution in [0, 0.1) is 0 Å². The molecular weight excluding hydrogens is 434 g/mol. The molecule has 3 aromatic carbocycles. The molecule has 5 nitrogen and oxygen atoms in total. The minimum atomic E-state index is -0.0768. The summed E-state index contributed by atoms with van der Waals surface area (Å²) in [6.07, 6.45) is 2.60. The highest BCUT2D eigenvalue weighted by Crippen LogP contribution is 2.38. The Labute approximate surface area is 207 Å². The number of aromatic nitrogens is 1. The van der Waals surface area contributed by atoms with Crippen molar-refractivity contribution in [2.75, 3.05) is 33.3 Å². The number of fused-ring (bicyclic) bond motifs is 1. The Morgan fingerprint density at radius 3 is 2.31 bits per heavy atom. The summed E-state index contributed by atoms with van der Waals surface area (Å²) in [5, 5.41) is 1.19. The zero-order valence-corrected chi connectivity index (χ0v) is 20.6.